The molecule has 39 heavy (non-hydrogen) atoms. The molecule has 1 fully saturated rings. The van der Waals surface area contributed by atoms with Crippen LogP contribution in [0, 0.1) is 11.8 Å². The van der Waals surface area contributed by atoms with Crippen molar-refractivity contribution >= 4 is 51.1 Å². The summed E-state index contributed by atoms with van der Waals surface area (Å²) in [5.41, 5.74) is 5.48. The molecule has 0 aromatic rings. The fourth-order valence-corrected chi connectivity index (χ4v) is 8.03. The molecule has 2 aliphatic heterocycles. The second kappa shape index (κ2) is 14.1. The first-order valence-corrected chi connectivity index (χ1v) is 17.7. The minimum Gasteiger partial charge on any atom is -0.369 e. The molecule has 2 aliphatic rings. The van der Waals surface area contributed by atoms with Gasteiger partial charge in [-0.05, 0) is 0 Å². The summed E-state index contributed by atoms with van der Waals surface area (Å²) in [7, 11) is -13.8. The number of hydrogen-bond donors (Lipinski definition) is 7. The number of carbonyl (C=O) groups is 1. The minimum atomic E-state index is -5.71. The molecule has 0 aliphatic carbocycles. The zero-order chi connectivity index (χ0) is 29.6. The summed E-state index contributed by atoms with van der Waals surface area (Å²) < 4.78 is 58.2. The van der Waals surface area contributed by atoms with Crippen LogP contribution in [-0.2, 0) is 36.3 Å². The van der Waals surface area contributed by atoms with Crippen molar-refractivity contribution in [2.45, 2.75) is 56.6 Å². The molecular weight excluding hydrogens is 627 g/mol. The van der Waals surface area contributed by atoms with Gasteiger partial charge in [-0.15, -0.1) is 0 Å². The van der Waals surface area contributed by atoms with Crippen LogP contribution in [0.3, 0.4) is 0 Å². The maximum atomic E-state index is 12.5. The number of aliphatic hydroxyl groups excluding tert-OH is 1. The van der Waals surface area contributed by atoms with Gasteiger partial charge in [-0.25, -0.2) is 18.5 Å². The van der Waals surface area contributed by atoms with Crippen LogP contribution in [0.2, 0.25) is 0 Å². The number of carbonyl (C=O) groups excluding carboxylic acids is 1. The zero-order valence-electron chi connectivity index (χ0n) is 20.8. The number of amides is 2. The fourth-order valence-electron chi connectivity index (χ4n) is 3.00. The van der Waals surface area contributed by atoms with Gasteiger partial charge in [0.1, 0.15) is 18.3 Å². The average Bonchev–Trinajstić information content (AvgIpc) is 3.14. The predicted molar refractivity (Wildman–Crippen MR) is 139 cm³/mol. The van der Waals surface area contributed by atoms with E-state index in [1.165, 1.54) is 27.8 Å². The summed E-state index contributed by atoms with van der Waals surface area (Å²) in [6.45, 7) is 5.20. The van der Waals surface area contributed by atoms with Gasteiger partial charge in [0.2, 0.25) is 0 Å². The van der Waals surface area contributed by atoms with Gasteiger partial charge < -0.3 is 45.2 Å². The van der Waals surface area contributed by atoms with E-state index in [9.17, 15) is 33.4 Å². The van der Waals surface area contributed by atoms with Crippen LogP contribution in [0.15, 0.2) is 11.8 Å². The van der Waals surface area contributed by atoms with Crippen molar-refractivity contribution in [1.29, 1.82) is 0 Å². The van der Waals surface area contributed by atoms with E-state index >= 15 is 0 Å². The zero-order valence-corrected chi connectivity index (χ0v) is 25.1. The van der Waals surface area contributed by atoms with Crippen LogP contribution in [0.25, 0.3) is 0 Å². The number of rotatable bonds is 12. The normalized spacial score (nSPS) is 27.2. The molecule has 224 valence electrons. The summed E-state index contributed by atoms with van der Waals surface area (Å²) in [6, 6.07) is -0.740. The molecule has 0 aromatic carbocycles. The Bertz CT molecular complexity index is 1120. The molecule has 22 heteroatoms. The van der Waals surface area contributed by atoms with Crippen molar-refractivity contribution in [3.63, 3.8) is 0 Å². The lowest BCUT2D eigenvalue weighted by atomic mass is 10.1. The van der Waals surface area contributed by atoms with E-state index in [4.69, 9.17) is 29.5 Å². The third kappa shape index (κ3) is 12.5. The number of nitrogens with two attached hydrogens (primary N) is 1. The third-order valence-electron chi connectivity index (χ3n) is 4.35. The molecule has 4 unspecified atom stereocenters. The molecule has 0 radical (unpaired) electrons. The van der Waals surface area contributed by atoms with Gasteiger partial charge in [-0.3, -0.25) is 9.42 Å². The average molecular weight is 657 g/mol. The number of hydrogen-bond acceptors (Lipinski definition) is 13. The summed E-state index contributed by atoms with van der Waals surface area (Å²) in [6.07, 6.45) is -3.08. The topological polar surface area (TPSA) is 257 Å². The van der Waals surface area contributed by atoms with E-state index in [0.29, 0.717) is 0 Å². The van der Waals surface area contributed by atoms with Gasteiger partial charge in [0.25, 0.3) is 0 Å². The van der Waals surface area contributed by atoms with Gasteiger partial charge in [-0.1, -0.05) is 54.2 Å². The van der Waals surface area contributed by atoms with E-state index in [2.05, 4.69) is 25.8 Å². The number of nitrogens with zero attached hydrogens (tertiary/aromatic N) is 1. The molecule has 2 amide bonds. The van der Waals surface area contributed by atoms with E-state index in [-0.39, 0.29) is 29.2 Å². The minimum absolute atomic E-state index is 0.000759. The van der Waals surface area contributed by atoms with Crippen LogP contribution < -0.4 is 11.1 Å². The summed E-state index contributed by atoms with van der Waals surface area (Å²) in [4.78, 5) is 50.0. The highest BCUT2D eigenvalue weighted by atomic mass is 33.1. The Hall–Kier alpha value is -0.480. The van der Waals surface area contributed by atoms with E-state index < -0.39 is 60.8 Å². The van der Waals surface area contributed by atoms with Crippen molar-refractivity contribution in [3.8, 4) is 11.8 Å². The molecule has 2 rings (SSSR count). The first kappa shape index (κ1) is 34.7. The Morgan fingerprint density at radius 1 is 1.21 bits per heavy atom. The number of urea groups is 1. The highest BCUT2D eigenvalue weighted by Gasteiger charge is 2.45. The SMILES string of the molecule is CC(C)(C)SSCO[C@@H]1C[C@H](N2C=C(C#CCN)C(O)NC2=O)OC1COP(=O)(O)OP(=O)(O)OP(=O)(O)O. The van der Waals surface area contributed by atoms with Crippen LogP contribution in [0.5, 0.6) is 0 Å². The molecule has 0 spiro atoms. The largest absolute Gasteiger partial charge is 0.490 e. The highest BCUT2D eigenvalue weighted by molar-refractivity contribution is 8.77. The fraction of sp³-hybridized carbons (Fsp3) is 0.706. The summed E-state index contributed by atoms with van der Waals surface area (Å²) in [5.74, 6) is 5.32. The number of phosphoric acid groups is 3. The van der Waals surface area contributed by atoms with Crippen molar-refractivity contribution in [2.24, 2.45) is 5.73 Å². The van der Waals surface area contributed by atoms with Crippen molar-refractivity contribution in [3.05, 3.63) is 11.8 Å². The van der Waals surface area contributed by atoms with Gasteiger partial charge in [-0.2, -0.15) is 8.62 Å². The molecule has 0 aromatic heterocycles. The Morgan fingerprint density at radius 2 is 1.87 bits per heavy atom. The lowest BCUT2D eigenvalue weighted by Gasteiger charge is -2.31. The van der Waals surface area contributed by atoms with Gasteiger partial charge in [0, 0.05) is 17.4 Å². The molecular formula is C17H30N3O14P3S2. The predicted octanol–water partition coefficient (Wildman–Crippen LogP) is 1.16. The Kier molecular flexibility index (Phi) is 12.6. The summed E-state index contributed by atoms with van der Waals surface area (Å²) >= 11 is 0. The monoisotopic (exact) mass is 657 g/mol. The number of aliphatic hydroxyl groups is 1. The number of nitrogens with one attached hydrogen (secondary N) is 1. The molecule has 8 N–H and O–H groups in total. The Morgan fingerprint density at radius 3 is 2.46 bits per heavy atom. The van der Waals surface area contributed by atoms with Crippen LogP contribution >= 0.6 is 45.1 Å². The van der Waals surface area contributed by atoms with Crippen LogP contribution in [-0.4, -0.2) is 84.1 Å². The quantitative estimate of drug-likeness (QED) is 0.0511. The number of ether oxygens (including phenoxy) is 2. The first-order chi connectivity index (χ1) is 17.8. The molecule has 6 atom stereocenters. The third-order valence-corrected chi connectivity index (χ3v) is 11.1. The van der Waals surface area contributed by atoms with Crippen LogP contribution in [0.1, 0.15) is 27.2 Å². The lowest BCUT2D eigenvalue weighted by molar-refractivity contribution is -0.0621. The van der Waals surface area contributed by atoms with Gasteiger partial charge in [0.15, 0.2) is 6.23 Å². The molecule has 17 nitrogen and oxygen atoms in total. The van der Waals surface area contributed by atoms with Gasteiger partial charge >= 0.3 is 29.5 Å². The van der Waals surface area contributed by atoms with Gasteiger partial charge in [0.05, 0.1) is 24.8 Å². The van der Waals surface area contributed by atoms with E-state index in [1.807, 2.05) is 20.8 Å². The van der Waals surface area contributed by atoms with E-state index in [1.54, 1.807) is 0 Å². The highest BCUT2D eigenvalue weighted by Crippen LogP contribution is 2.66. The smallest absolute Gasteiger partial charge is 0.369 e. The van der Waals surface area contributed by atoms with Crippen molar-refractivity contribution < 1.29 is 65.8 Å². The van der Waals surface area contributed by atoms with Crippen molar-refractivity contribution in [2.75, 3.05) is 19.1 Å². The molecule has 0 bridgehead atoms. The second-order valence-corrected chi connectivity index (χ2v) is 16.2. The van der Waals surface area contributed by atoms with Crippen molar-refractivity contribution in [1.82, 2.24) is 10.2 Å². The molecule has 2 heterocycles. The van der Waals surface area contributed by atoms with E-state index in [0.717, 1.165) is 4.90 Å². The molecule has 1 saturated heterocycles. The molecule has 0 saturated carbocycles. The lowest BCUT2D eigenvalue weighted by Crippen LogP contribution is -2.51. The second-order valence-electron chi connectivity index (χ2n) is 8.74. The summed E-state index contributed by atoms with van der Waals surface area (Å²) in [5, 5.41) is 12.3. The van der Waals surface area contributed by atoms with Crippen LogP contribution in [0.4, 0.5) is 4.79 Å². The standard InChI is InChI=1S/C17H30N3O14P3S2/c1-17(2,3)39-38-10-30-12-7-14(20-8-11(5-4-6-18)15(21)19-16(20)22)32-13(12)9-31-36(26,27)34-37(28,29)33-35(23,24)25/h8,12-15,21H,6-7,9-10,18H2,1-3H3,(H,19,22)(H,26,27)(H,28,29)(H2,23,24,25)/t12-,13?,14-,15?/m1/s1. The Balaban J connectivity index is 2.16. The Labute approximate surface area is 232 Å². The number of phosphoric ester groups is 1. The maximum absolute atomic E-state index is 12.5. The maximum Gasteiger partial charge on any atom is 0.490 e. The first-order valence-electron chi connectivity index (χ1n) is 10.8.